The number of anilines is 1. The Hall–Kier alpha value is -3.27. The maximum atomic E-state index is 14.4. The number of carbonyl (C=O) groups excluding carboxylic acids is 1. The molecule has 8 nitrogen and oxygen atoms in total. The van der Waals surface area contributed by atoms with Crippen molar-refractivity contribution in [1.82, 2.24) is 19.5 Å². The predicted molar refractivity (Wildman–Crippen MR) is 148 cm³/mol. The van der Waals surface area contributed by atoms with Gasteiger partial charge in [-0.25, -0.2) is 13.8 Å². The third kappa shape index (κ3) is 5.64. The number of amides is 1. The normalized spacial score (nSPS) is 20.0. The maximum Gasteiger partial charge on any atom is 0.303 e. The van der Waals surface area contributed by atoms with Gasteiger partial charge in [0.15, 0.2) is 11.3 Å². The first-order valence-corrected chi connectivity index (χ1v) is 14.1. The van der Waals surface area contributed by atoms with Crippen LogP contribution in [-0.4, -0.2) is 62.7 Å². The van der Waals surface area contributed by atoms with Gasteiger partial charge in [0.2, 0.25) is 0 Å². The van der Waals surface area contributed by atoms with E-state index in [-0.39, 0.29) is 41.3 Å². The zero-order valence-electron chi connectivity index (χ0n) is 23.1. The van der Waals surface area contributed by atoms with Crippen LogP contribution in [0.3, 0.4) is 0 Å². The minimum absolute atomic E-state index is 0.129. The first kappa shape index (κ1) is 28.3. The van der Waals surface area contributed by atoms with Crippen LogP contribution in [0.25, 0.3) is 16.9 Å². The summed E-state index contributed by atoms with van der Waals surface area (Å²) >= 11 is 5.73. The SMILES string of the molecule is CC(C)CCN(CC(C)C)c1cc(-c2cc(F)c(Cl)c(F)c2)nc2cc(C(=O)N3C[C@@H]4[C@H](CC(=O)O)[C@@H]4C3)nn12. The van der Waals surface area contributed by atoms with Crippen LogP contribution < -0.4 is 4.90 Å². The summed E-state index contributed by atoms with van der Waals surface area (Å²) in [5.41, 5.74) is 1.18. The van der Waals surface area contributed by atoms with Crippen molar-refractivity contribution in [3.8, 4) is 11.3 Å². The molecule has 2 aliphatic rings. The van der Waals surface area contributed by atoms with Gasteiger partial charge >= 0.3 is 5.97 Å². The van der Waals surface area contributed by atoms with Gasteiger partial charge in [-0.3, -0.25) is 9.59 Å². The summed E-state index contributed by atoms with van der Waals surface area (Å²) in [6.45, 7) is 11.0. The molecule has 1 aliphatic carbocycles. The molecule has 11 heteroatoms. The number of hydrogen-bond acceptors (Lipinski definition) is 5. The summed E-state index contributed by atoms with van der Waals surface area (Å²) < 4.78 is 30.4. The molecule has 0 radical (unpaired) electrons. The quantitative estimate of drug-likeness (QED) is 0.316. The molecule has 1 saturated carbocycles. The molecule has 0 unspecified atom stereocenters. The summed E-state index contributed by atoms with van der Waals surface area (Å²) in [7, 11) is 0. The summed E-state index contributed by atoms with van der Waals surface area (Å²) in [5, 5.41) is 13.2. The Morgan fingerprint density at radius 1 is 1.07 bits per heavy atom. The molecule has 0 bridgehead atoms. The summed E-state index contributed by atoms with van der Waals surface area (Å²) in [6.07, 6.45) is 1.05. The van der Waals surface area contributed by atoms with E-state index in [1.54, 1.807) is 21.5 Å². The lowest BCUT2D eigenvalue weighted by atomic mass is 10.1. The maximum absolute atomic E-state index is 14.4. The Morgan fingerprint density at radius 2 is 1.73 bits per heavy atom. The topological polar surface area (TPSA) is 91.0 Å². The van der Waals surface area contributed by atoms with Crippen LogP contribution in [0.4, 0.5) is 14.6 Å². The number of carboxylic acid groups (broad SMARTS) is 1. The highest BCUT2D eigenvalue weighted by atomic mass is 35.5. The lowest BCUT2D eigenvalue weighted by Crippen LogP contribution is -2.32. The molecule has 2 aromatic heterocycles. The third-order valence-electron chi connectivity index (χ3n) is 7.86. The lowest BCUT2D eigenvalue weighted by molar-refractivity contribution is -0.137. The highest BCUT2D eigenvalue weighted by Crippen LogP contribution is 2.53. The van der Waals surface area contributed by atoms with Gasteiger partial charge in [0, 0.05) is 50.3 Å². The van der Waals surface area contributed by atoms with Crippen LogP contribution in [-0.2, 0) is 4.79 Å². The van der Waals surface area contributed by atoms with E-state index in [1.165, 1.54) is 0 Å². The van der Waals surface area contributed by atoms with Gasteiger partial charge in [0.1, 0.15) is 22.5 Å². The largest absolute Gasteiger partial charge is 0.481 e. The molecular weight excluding hydrogens is 540 g/mol. The van der Waals surface area contributed by atoms with Crippen molar-refractivity contribution in [1.29, 1.82) is 0 Å². The minimum Gasteiger partial charge on any atom is -0.481 e. The van der Waals surface area contributed by atoms with E-state index in [4.69, 9.17) is 16.7 Å². The molecular formula is C29H34ClF2N5O3. The average molecular weight is 574 g/mol. The Balaban J connectivity index is 1.53. The number of aliphatic carboxylic acids is 1. The van der Waals surface area contributed by atoms with Crippen LogP contribution in [0.1, 0.15) is 51.0 Å². The fourth-order valence-corrected chi connectivity index (χ4v) is 5.88. The van der Waals surface area contributed by atoms with E-state index in [2.05, 4.69) is 42.7 Å². The highest BCUT2D eigenvalue weighted by molar-refractivity contribution is 6.31. The third-order valence-corrected chi connectivity index (χ3v) is 8.22. The van der Waals surface area contributed by atoms with E-state index in [9.17, 15) is 18.4 Å². The van der Waals surface area contributed by atoms with E-state index < -0.39 is 22.6 Å². The Kier molecular flexibility index (Phi) is 7.74. The second kappa shape index (κ2) is 11.0. The summed E-state index contributed by atoms with van der Waals surface area (Å²) in [5.74, 6) is -0.804. The number of rotatable bonds is 10. The van der Waals surface area contributed by atoms with Crippen LogP contribution in [0, 0.1) is 41.2 Å². The van der Waals surface area contributed by atoms with Crippen LogP contribution >= 0.6 is 11.6 Å². The van der Waals surface area contributed by atoms with E-state index >= 15 is 0 Å². The Bertz CT molecular complexity index is 1420. The van der Waals surface area contributed by atoms with Crippen molar-refractivity contribution >= 4 is 34.9 Å². The van der Waals surface area contributed by atoms with E-state index in [0.717, 1.165) is 25.1 Å². The van der Waals surface area contributed by atoms with Gasteiger partial charge < -0.3 is 14.9 Å². The van der Waals surface area contributed by atoms with Gasteiger partial charge in [0.05, 0.1) is 5.69 Å². The number of benzene rings is 1. The molecule has 3 heterocycles. The number of nitrogens with zero attached hydrogens (tertiary/aromatic N) is 5. The van der Waals surface area contributed by atoms with E-state index in [0.29, 0.717) is 48.6 Å². The van der Waals surface area contributed by atoms with Gasteiger partial charge in [-0.1, -0.05) is 39.3 Å². The summed E-state index contributed by atoms with van der Waals surface area (Å²) in [6, 6.07) is 5.66. The zero-order valence-corrected chi connectivity index (χ0v) is 23.8. The number of fused-ring (bicyclic) bond motifs is 2. The predicted octanol–water partition coefficient (Wildman–Crippen LogP) is 5.63. The fourth-order valence-electron chi connectivity index (χ4n) is 5.78. The van der Waals surface area contributed by atoms with Crippen molar-refractivity contribution < 1.29 is 23.5 Å². The Morgan fingerprint density at radius 3 is 2.30 bits per heavy atom. The molecule has 5 rings (SSSR count). The lowest BCUT2D eigenvalue weighted by Gasteiger charge is -2.28. The number of aromatic nitrogens is 3. The fraction of sp³-hybridized carbons (Fsp3) is 0.517. The van der Waals surface area contributed by atoms with Crippen LogP contribution in [0.15, 0.2) is 24.3 Å². The number of carbonyl (C=O) groups is 2. The monoisotopic (exact) mass is 573 g/mol. The smallest absolute Gasteiger partial charge is 0.303 e. The average Bonchev–Trinajstić information content (AvgIpc) is 3.24. The van der Waals surface area contributed by atoms with Gasteiger partial charge in [0.25, 0.3) is 5.91 Å². The van der Waals surface area contributed by atoms with Crippen molar-refractivity contribution in [2.24, 2.45) is 29.6 Å². The second-order valence-electron chi connectivity index (χ2n) is 11.9. The van der Waals surface area contributed by atoms with Crippen LogP contribution in [0.2, 0.25) is 5.02 Å². The van der Waals surface area contributed by atoms with Gasteiger partial charge in [-0.15, -0.1) is 0 Å². The number of piperidine rings is 1. The van der Waals surface area contributed by atoms with Crippen molar-refractivity contribution in [3.63, 3.8) is 0 Å². The molecule has 3 aromatic rings. The molecule has 0 spiro atoms. The van der Waals surface area contributed by atoms with Gasteiger partial charge in [-0.05, 0) is 48.1 Å². The molecule has 2 fully saturated rings. The molecule has 214 valence electrons. The zero-order chi connectivity index (χ0) is 28.9. The highest BCUT2D eigenvalue weighted by Gasteiger charge is 2.57. The molecule has 1 saturated heterocycles. The molecule has 1 N–H and O–H groups in total. The first-order chi connectivity index (χ1) is 18.9. The Labute approximate surface area is 236 Å². The first-order valence-electron chi connectivity index (χ1n) is 13.7. The molecule has 3 atom stereocenters. The number of carboxylic acids is 1. The second-order valence-corrected chi connectivity index (χ2v) is 12.3. The number of hydrogen-bond donors (Lipinski definition) is 1. The molecule has 1 aromatic carbocycles. The molecule has 1 aliphatic heterocycles. The molecule has 40 heavy (non-hydrogen) atoms. The van der Waals surface area contributed by atoms with Crippen molar-refractivity contribution in [2.75, 3.05) is 31.1 Å². The van der Waals surface area contributed by atoms with Crippen molar-refractivity contribution in [2.45, 2.75) is 40.5 Å². The van der Waals surface area contributed by atoms with Crippen LogP contribution in [0.5, 0.6) is 0 Å². The van der Waals surface area contributed by atoms with E-state index in [1.807, 2.05) is 0 Å². The number of likely N-dealkylation sites (tertiary alicyclic amines) is 1. The standard InChI is InChI=1S/C29H34ClF2N5O3/c1-15(2)5-6-35(12-16(3)4)26-11-23(17-7-21(31)28(30)22(32)8-17)33-25-10-24(34-37(25)26)29(40)36-13-19-18(9-27(38)39)20(19)14-36/h7-8,10-11,15-16,18-20H,5-6,9,12-14H2,1-4H3,(H,38,39)/t18-,19+,20-. The van der Waals surface area contributed by atoms with Crippen molar-refractivity contribution in [3.05, 3.63) is 46.6 Å². The number of halogens is 3. The molecule has 1 amide bonds. The van der Waals surface area contributed by atoms with Gasteiger partial charge in [-0.2, -0.15) is 9.61 Å². The summed E-state index contributed by atoms with van der Waals surface area (Å²) in [4.78, 5) is 33.1. The minimum atomic E-state index is -0.878.